The van der Waals surface area contributed by atoms with Crippen LogP contribution in [-0.2, 0) is 13.8 Å². The molecular weight excluding hydrogens is 404 g/mol. The summed E-state index contributed by atoms with van der Waals surface area (Å²) in [5.41, 5.74) is 6.34. The molecule has 0 aliphatic carbocycles. The van der Waals surface area contributed by atoms with Crippen LogP contribution in [0.25, 0.3) is 11.2 Å². The van der Waals surface area contributed by atoms with Gasteiger partial charge in [0.05, 0.1) is 12.9 Å². The predicted molar refractivity (Wildman–Crippen MR) is 86.8 cm³/mol. The third-order valence-corrected chi connectivity index (χ3v) is 5.45. The van der Waals surface area contributed by atoms with Crippen LogP contribution < -0.4 is 40.2 Å². The fourth-order valence-electron chi connectivity index (χ4n) is 2.78. The average Bonchev–Trinajstić information content (AvgIpc) is 3.36. The Labute approximate surface area is 180 Å². The molecule has 1 aliphatic heterocycles. The molecule has 1 unspecified atom stereocenters. The van der Waals surface area contributed by atoms with Crippen molar-refractivity contribution in [2.75, 3.05) is 12.3 Å². The molecule has 4 rings (SSSR count). The van der Waals surface area contributed by atoms with E-state index in [1.54, 1.807) is 0 Å². The molecule has 4 heterocycles. The summed E-state index contributed by atoms with van der Waals surface area (Å²) in [7, 11) is -4.45. The molecule has 3 aromatic heterocycles. The fraction of sp³-hybridized carbons (Fsp3) is 0.385. The molecule has 0 spiro atoms. The summed E-state index contributed by atoms with van der Waals surface area (Å²) in [5, 5.41) is 20.5. The first kappa shape index (κ1) is 21.3. The summed E-state index contributed by atoms with van der Waals surface area (Å²) >= 11 is 0. The first-order valence-corrected chi connectivity index (χ1v) is 9.27. The fourth-order valence-corrected chi connectivity index (χ4v) is 3.66. The van der Waals surface area contributed by atoms with E-state index in [1.165, 1.54) is 29.6 Å². The van der Waals surface area contributed by atoms with E-state index in [0.717, 1.165) is 10.7 Å². The van der Waals surface area contributed by atoms with E-state index in [0.29, 0.717) is 11.2 Å². The SMILES string of the molecule is Nc1ncnc2c1ncn2[C@@H]1O[C@H](COP(=O)([O-])n2ccnc2)[C@@H](O)[C@H]1O.[Na+]. The Kier molecular flexibility index (Phi) is 6.20. The molecule has 13 nitrogen and oxygen atoms in total. The molecule has 3 aromatic rings. The van der Waals surface area contributed by atoms with Crippen LogP contribution in [0.2, 0.25) is 0 Å². The normalized spacial score (nSPS) is 26.8. The average molecular weight is 419 g/mol. The molecule has 0 aromatic carbocycles. The Bertz CT molecular complexity index is 1000. The minimum absolute atomic E-state index is 0. The molecule has 4 N–H and O–H groups in total. The van der Waals surface area contributed by atoms with Gasteiger partial charge in [-0.05, 0) is 0 Å². The predicted octanol–water partition coefficient (Wildman–Crippen LogP) is -4.74. The van der Waals surface area contributed by atoms with E-state index < -0.39 is 38.9 Å². The zero-order valence-corrected chi connectivity index (χ0v) is 17.5. The first-order valence-electron chi connectivity index (χ1n) is 7.77. The van der Waals surface area contributed by atoms with Crippen LogP contribution in [0.1, 0.15) is 6.23 Å². The van der Waals surface area contributed by atoms with Gasteiger partial charge in [0.2, 0.25) is 7.75 Å². The Morgan fingerprint density at radius 1 is 1.29 bits per heavy atom. The maximum absolute atomic E-state index is 12.0. The van der Waals surface area contributed by atoms with Crippen molar-refractivity contribution in [2.24, 2.45) is 0 Å². The second-order valence-electron chi connectivity index (χ2n) is 5.84. The van der Waals surface area contributed by atoms with Crippen molar-refractivity contribution in [3.05, 3.63) is 31.4 Å². The molecule has 1 saturated heterocycles. The van der Waals surface area contributed by atoms with Crippen LogP contribution in [0.15, 0.2) is 31.4 Å². The molecule has 15 heteroatoms. The Morgan fingerprint density at radius 3 is 2.79 bits per heavy atom. The molecule has 28 heavy (non-hydrogen) atoms. The minimum Gasteiger partial charge on any atom is -0.761 e. The largest absolute Gasteiger partial charge is 1.00 e. The Morgan fingerprint density at radius 2 is 2.07 bits per heavy atom. The molecule has 144 valence electrons. The number of aliphatic hydroxyl groups excluding tert-OH is 2. The van der Waals surface area contributed by atoms with Crippen LogP contribution in [-0.4, -0.2) is 64.0 Å². The smallest absolute Gasteiger partial charge is 0.761 e. The summed E-state index contributed by atoms with van der Waals surface area (Å²) in [4.78, 5) is 27.6. The van der Waals surface area contributed by atoms with Crippen LogP contribution >= 0.6 is 7.75 Å². The number of anilines is 1. The summed E-state index contributed by atoms with van der Waals surface area (Å²) in [6.07, 6.45) is 1.20. The third kappa shape index (κ3) is 3.73. The van der Waals surface area contributed by atoms with Gasteiger partial charge in [0.15, 0.2) is 17.7 Å². The molecule has 5 atom stereocenters. The summed E-state index contributed by atoms with van der Waals surface area (Å²) < 4.78 is 24.7. The molecule has 1 aliphatic rings. The summed E-state index contributed by atoms with van der Waals surface area (Å²) in [5.74, 6) is 0.152. The van der Waals surface area contributed by atoms with Gasteiger partial charge in [-0.1, -0.05) is 0 Å². The molecule has 0 radical (unpaired) electrons. The topological polar surface area (TPSA) is 186 Å². The van der Waals surface area contributed by atoms with Gasteiger partial charge in [0.25, 0.3) is 0 Å². The number of hydrogen-bond donors (Lipinski definition) is 3. The Balaban J connectivity index is 0.00000225. The molecule has 0 saturated carbocycles. The van der Waals surface area contributed by atoms with Crippen molar-refractivity contribution < 1.29 is 58.5 Å². The third-order valence-electron chi connectivity index (χ3n) is 4.17. The van der Waals surface area contributed by atoms with Crippen molar-refractivity contribution >= 4 is 24.7 Å². The van der Waals surface area contributed by atoms with Gasteiger partial charge in [0, 0.05) is 12.4 Å². The summed E-state index contributed by atoms with van der Waals surface area (Å²) in [6, 6.07) is 0. The van der Waals surface area contributed by atoms with E-state index >= 15 is 0 Å². The second-order valence-corrected chi connectivity index (χ2v) is 7.49. The van der Waals surface area contributed by atoms with E-state index in [4.69, 9.17) is 15.0 Å². The van der Waals surface area contributed by atoms with Crippen LogP contribution in [0.5, 0.6) is 0 Å². The number of aliphatic hydroxyl groups is 2. The van der Waals surface area contributed by atoms with Crippen LogP contribution in [0, 0.1) is 0 Å². The van der Waals surface area contributed by atoms with Gasteiger partial charge >= 0.3 is 29.6 Å². The zero-order valence-electron chi connectivity index (χ0n) is 14.6. The van der Waals surface area contributed by atoms with Crippen molar-refractivity contribution in [3.8, 4) is 0 Å². The quantitative estimate of drug-likeness (QED) is 0.266. The molecule has 0 bridgehead atoms. The number of nitrogens with two attached hydrogens (primary N) is 1. The molecular formula is C13H15N7NaO6P. The zero-order chi connectivity index (χ0) is 19.2. The van der Waals surface area contributed by atoms with Gasteiger partial charge in [-0.2, -0.15) is 0 Å². The monoisotopic (exact) mass is 419 g/mol. The van der Waals surface area contributed by atoms with Crippen molar-refractivity contribution in [1.82, 2.24) is 28.8 Å². The van der Waals surface area contributed by atoms with Crippen LogP contribution in [0.3, 0.4) is 0 Å². The van der Waals surface area contributed by atoms with E-state index in [1.807, 2.05) is 0 Å². The number of rotatable bonds is 5. The number of fused-ring (bicyclic) bond motifs is 1. The van der Waals surface area contributed by atoms with Crippen molar-refractivity contribution in [3.63, 3.8) is 0 Å². The van der Waals surface area contributed by atoms with E-state index in [2.05, 4.69) is 19.9 Å². The molecule has 1 fully saturated rings. The summed E-state index contributed by atoms with van der Waals surface area (Å²) in [6.45, 7) is -0.503. The minimum atomic E-state index is -4.45. The van der Waals surface area contributed by atoms with E-state index in [-0.39, 0.29) is 35.4 Å². The number of nitrogens with zero attached hydrogens (tertiary/aromatic N) is 6. The maximum atomic E-state index is 12.0. The van der Waals surface area contributed by atoms with Gasteiger partial charge in [-0.15, -0.1) is 0 Å². The van der Waals surface area contributed by atoms with Gasteiger partial charge < -0.3 is 30.1 Å². The number of hydrogen-bond acceptors (Lipinski definition) is 11. The maximum Gasteiger partial charge on any atom is 1.00 e. The van der Waals surface area contributed by atoms with Gasteiger partial charge in [-0.3, -0.25) is 13.5 Å². The van der Waals surface area contributed by atoms with Crippen molar-refractivity contribution in [2.45, 2.75) is 24.5 Å². The number of ether oxygens (including phenoxy) is 1. The number of aromatic nitrogens is 6. The molecule has 0 amide bonds. The van der Waals surface area contributed by atoms with E-state index in [9.17, 15) is 19.7 Å². The van der Waals surface area contributed by atoms with Gasteiger partial charge in [0.1, 0.15) is 36.5 Å². The second kappa shape index (κ2) is 8.14. The van der Waals surface area contributed by atoms with Gasteiger partial charge in [-0.25, -0.2) is 19.9 Å². The number of nitrogen functional groups attached to an aromatic ring is 1. The van der Waals surface area contributed by atoms with Crippen LogP contribution in [0.4, 0.5) is 5.82 Å². The Hall–Kier alpha value is -1.41. The number of imidazole rings is 2. The van der Waals surface area contributed by atoms with Crippen molar-refractivity contribution in [1.29, 1.82) is 0 Å². The standard InChI is InChI=1S/C13H16N7O6P.Na/c14-11-8-12(17-4-16-11)20(6-18-8)13-10(22)9(21)7(26-13)3-25-27(23,24)19-2-1-15-5-19;/h1-2,4-7,9-10,13,21-22H,3H2,(H,23,24)(H2,14,16,17);/q;+1/p-1/t7-,9-,10-,13-;/m1./s1. The first-order chi connectivity index (χ1) is 12.9.